The second kappa shape index (κ2) is 6.50. The molecule has 0 aromatic heterocycles. The van der Waals surface area contributed by atoms with Crippen molar-refractivity contribution in [2.45, 2.75) is 13.1 Å². The molecule has 4 nitrogen and oxygen atoms in total. The summed E-state index contributed by atoms with van der Waals surface area (Å²) in [6, 6.07) is 14.0. The topological polar surface area (TPSA) is 39.7 Å². The highest BCUT2D eigenvalue weighted by atomic mass is 16.6. The molecule has 110 valence electrons. The third-order valence-electron chi connectivity index (χ3n) is 3.47. The maximum Gasteiger partial charge on any atom is 0.165 e. The molecule has 0 fully saturated rings. The molecule has 0 saturated heterocycles. The molecule has 2 aromatic carbocycles. The first-order valence-electron chi connectivity index (χ1n) is 7.08. The van der Waals surface area contributed by atoms with E-state index in [0.29, 0.717) is 13.2 Å². The summed E-state index contributed by atoms with van der Waals surface area (Å²) in [7, 11) is 1.69. The first-order valence-corrected chi connectivity index (χ1v) is 7.08. The molecular formula is C17H19NO3. The monoisotopic (exact) mass is 285 g/mol. The van der Waals surface area contributed by atoms with E-state index in [9.17, 15) is 0 Å². The van der Waals surface area contributed by atoms with Crippen LogP contribution in [0.5, 0.6) is 17.2 Å². The highest BCUT2D eigenvalue weighted by molar-refractivity contribution is 5.47. The Morgan fingerprint density at radius 1 is 0.952 bits per heavy atom. The molecule has 0 atom stereocenters. The Hall–Kier alpha value is -2.20. The zero-order valence-electron chi connectivity index (χ0n) is 12.1. The van der Waals surface area contributed by atoms with Crippen molar-refractivity contribution in [1.82, 2.24) is 5.32 Å². The van der Waals surface area contributed by atoms with E-state index in [1.165, 1.54) is 0 Å². The first-order chi connectivity index (χ1) is 10.4. The zero-order valence-corrected chi connectivity index (χ0v) is 12.1. The molecule has 2 aromatic rings. The van der Waals surface area contributed by atoms with Crippen LogP contribution in [0.3, 0.4) is 0 Å². The Morgan fingerprint density at radius 3 is 2.62 bits per heavy atom. The van der Waals surface area contributed by atoms with Crippen LogP contribution in [0.1, 0.15) is 11.1 Å². The van der Waals surface area contributed by atoms with E-state index in [2.05, 4.69) is 17.4 Å². The second-order valence-electron chi connectivity index (χ2n) is 4.86. The number of nitrogens with one attached hydrogen (secondary N) is 1. The Bertz CT molecular complexity index is 613. The van der Waals surface area contributed by atoms with Crippen molar-refractivity contribution in [3.05, 3.63) is 53.6 Å². The molecule has 1 aliphatic heterocycles. The van der Waals surface area contributed by atoms with E-state index in [-0.39, 0.29) is 0 Å². The van der Waals surface area contributed by atoms with Gasteiger partial charge in [-0.15, -0.1) is 0 Å². The molecule has 0 spiro atoms. The van der Waals surface area contributed by atoms with Gasteiger partial charge < -0.3 is 19.5 Å². The predicted molar refractivity (Wildman–Crippen MR) is 81.0 cm³/mol. The van der Waals surface area contributed by atoms with Crippen molar-refractivity contribution in [1.29, 1.82) is 0 Å². The van der Waals surface area contributed by atoms with Gasteiger partial charge in [0, 0.05) is 24.2 Å². The molecule has 1 N–H and O–H groups in total. The van der Waals surface area contributed by atoms with Gasteiger partial charge in [-0.3, -0.25) is 0 Å². The minimum absolute atomic E-state index is 0.608. The van der Waals surface area contributed by atoms with Gasteiger partial charge in [-0.05, 0) is 12.1 Å². The molecule has 1 heterocycles. The third kappa shape index (κ3) is 3.11. The molecule has 0 unspecified atom stereocenters. The fourth-order valence-electron chi connectivity index (χ4n) is 2.45. The van der Waals surface area contributed by atoms with Gasteiger partial charge in [-0.2, -0.15) is 0 Å². The lowest BCUT2D eigenvalue weighted by atomic mass is 10.1. The van der Waals surface area contributed by atoms with Crippen molar-refractivity contribution in [3.8, 4) is 17.2 Å². The molecule has 0 saturated carbocycles. The molecule has 3 rings (SSSR count). The molecule has 1 aliphatic rings. The Labute approximate surface area is 124 Å². The molecule has 0 radical (unpaired) electrons. The maximum absolute atomic E-state index is 5.71. The van der Waals surface area contributed by atoms with Crippen molar-refractivity contribution >= 4 is 0 Å². The lowest BCUT2D eigenvalue weighted by molar-refractivity contribution is 0.169. The number of ether oxygens (including phenoxy) is 3. The van der Waals surface area contributed by atoms with Crippen LogP contribution >= 0.6 is 0 Å². The largest absolute Gasteiger partial charge is 0.496 e. The van der Waals surface area contributed by atoms with E-state index in [1.807, 2.05) is 30.3 Å². The number of hydrogen-bond acceptors (Lipinski definition) is 4. The van der Waals surface area contributed by atoms with Gasteiger partial charge in [0.2, 0.25) is 0 Å². The van der Waals surface area contributed by atoms with Crippen LogP contribution in [0.2, 0.25) is 0 Å². The maximum atomic E-state index is 5.71. The van der Waals surface area contributed by atoms with Crippen LogP contribution in [-0.2, 0) is 13.1 Å². The second-order valence-corrected chi connectivity index (χ2v) is 4.86. The van der Waals surface area contributed by atoms with Gasteiger partial charge in [0.1, 0.15) is 19.0 Å². The highest BCUT2D eigenvalue weighted by Crippen LogP contribution is 2.33. The number of benzene rings is 2. The van der Waals surface area contributed by atoms with Gasteiger partial charge >= 0.3 is 0 Å². The van der Waals surface area contributed by atoms with Gasteiger partial charge in [0.25, 0.3) is 0 Å². The fourth-order valence-corrected chi connectivity index (χ4v) is 2.45. The molecule has 0 amide bonds. The summed E-state index contributed by atoms with van der Waals surface area (Å²) >= 11 is 0. The molecular weight excluding hydrogens is 266 g/mol. The SMILES string of the molecule is COc1ccccc1CNCc1cccc2c1OCCO2. The van der Waals surface area contributed by atoms with E-state index in [0.717, 1.165) is 41.5 Å². The summed E-state index contributed by atoms with van der Waals surface area (Å²) in [5.41, 5.74) is 2.25. The quantitative estimate of drug-likeness (QED) is 0.917. The number of hydrogen-bond donors (Lipinski definition) is 1. The van der Waals surface area contributed by atoms with E-state index < -0.39 is 0 Å². The third-order valence-corrected chi connectivity index (χ3v) is 3.47. The molecule has 21 heavy (non-hydrogen) atoms. The smallest absolute Gasteiger partial charge is 0.165 e. The van der Waals surface area contributed by atoms with Crippen LogP contribution in [0.25, 0.3) is 0 Å². The fraction of sp³-hybridized carbons (Fsp3) is 0.294. The zero-order chi connectivity index (χ0) is 14.5. The lowest BCUT2D eigenvalue weighted by Crippen LogP contribution is -2.19. The average Bonchev–Trinajstić information content (AvgIpc) is 2.55. The summed E-state index contributed by atoms with van der Waals surface area (Å²) in [4.78, 5) is 0. The Morgan fingerprint density at radius 2 is 1.71 bits per heavy atom. The number of fused-ring (bicyclic) bond motifs is 1. The standard InChI is InChI=1S/C17H19NO3/c1-19-15-7-3-2-5-13(15)11-18-12-14-6-4-8-16-17(14)21-10-9-20-16/h2-8,18H,9-12H2,1H3. The van der Waals surface area contributed by atoms with Crippen molar-refractivity contribution in [2.75, 3.05) is 20.3 Å². The number of rotatable bonds is 5. The van der Waals surface area contributed by atoms with Gasteiger partial charge in [-0.25, -0.2) is 0 Å². The minimum atomic E-state index is 0.608. The summed E-state index contributed by atoms with van der Waals surface area (Å²) in [5, 5.41) is 3.43. The van der Waals surface area contributed by atoms with E-state index in [4.69, 9.17) is 14.2 Å². The molecule has 0 bridgehead atoms. The number of methoxy groups -OCH3 is 1. The molecule has 0 aliphatic carbocycles. The Kier molecular flexibility index (Phi) is 4.26. The van der Waals surface area contributed by atoms with Gasteiger partial charge in [0.05, 0.1) is 7.11 Å². The van der Waals surface area contributed by atoms with Crippen LogP contribution in [0, 0.1) is 0 Å². The van der Waals surface area contributed by atoms with E-state index in [1.54, 1.807) is 7.11 Å². The van der Waals surface area contributed by atoms with Crippen LogP contribution in [0.15, 0.2) is 42.5 Å². The minimum Gasteiger partial charge on any atom is -0.496 e. The lowest BCUT2D eigenvalue weighted by Gasteiger charge is -2.21. The summed E-state index contributed by atoms with van der Waals surface area (Å²) in [5.74, 6) is 2.59. The van der Waals surface area contributed by atoms with Gasteiger partial charge in [-0.1, -0.05) is 30.3 Å². The van der Waals surface area contributed by atoms with Crippen molar-refractivity contribution < 1.29 is 14.2 Å². The summed E-state index contributed by atoms with van der Waals surface area (Å²) in [6.45, 7) is 2.70. The van der Waals surface area contributed by atoms with E-state index >= 15 is 0 Å². The van der Waals surface area contributed by atoms with Gasteiger partial charge in [0.15, 0.2) is 11.5 Å². The highest BCUT2D eigenvalue weighted by Gasteiger charge is 2.15. The summed E-state index contributed by atoms with van der Waals surface area (Å²) < 4.78 is 16.7. The van der Waals surface area contributed by atoms with Crippen molar-refractivity contribution in [2.24, 2.45) is 0 Å². The number of para-hydroxylation sites is 2. The average molecular weight is 285 g/mol. The van der Waals surface area contributed by atoms with Crippen LogP contribution < -0.4 is 19.5 Å². The van der Waals surface area contributed by atoms with Crippen LogP contribution in [-0.4, -0.2) is 20.3 Å². The molecule has 4 heteroatoms. The normalized spacial score (nSPS) is 13.0. The van der Waals surface area contributed by atoms with Crippen LogP contribution in [0.4, 0.5) is 0 Å². The first kappa shape index (κ1) is 13.8. The predicted octanol–water partition coefficient (Wildman–Crippen LogP) is 2.76. The van der Waals surface area contributed by atoms with Crippen molar-refractivity contribution in [3.63, 3.8) is 0 Å². The Balaban J connectivity index is 1.66. The summed E-state index contributed by atoms with van der Waals surface area (Å²) in [6.07, 6.45) is 0.